The van der Waals surface area contributed by atoms with E-state index in [1.807, 2.05) is 26.0 Å². The number of aryl methyl sites for hydroxylation is 3. The lowest BCUT2D eigenvalue weighted by Gasteiger charge is -2.31. The molecule has 0 unspecified atom stereocenters. The SMILES string of the molecule is Cc1cc(O[C@@H](C)C(=O)NCCCN2CCCc3ccccc32)cc(C)c1Cl. The molecule has 0 aromatic heterocycles. The predicted octanol–water partition coefficient (Wildman–Crippen LogP) is 4.68. The van der Waals surface area contributed by atoms with Crippen LogP contribution in [-0.4, -0.2) is 31.6 Å². The largest absolute Gasteiger partial charge is 0.481 e. The number of hydrogen-bond acceptors (Lipinski definition) is 3. The lowest BCUT2D eigenvalue weighted by Crippen LogP contribution is -2.38. The second-order valence-electron chi connectivity index (χ2n) is 7.50. The molecule has 1 heterocycles. The van der Waals surface area contributed by atoms with Crippen molar-refractivity contribution in [2.75, 3.05) is 24.5 Å². The number of carbonyl (C=O) groups is 1. The Labute approximate surface area is 172 Å². The van der Waals surface area contributed by atoms with Crippen LogP contribution in [0.2, 0.25) is 5.02 Å². The van der Waals surface area contributed by atoms with Gasteiger partial charge in [0.15, 0.2) is 6.10 Å². The summed E-state index contributed by atoms with van der Waals surface area (Å²) in [5.74, 6) is 0.580. The fourth-order valence-corrected chi connectivity index (χ4v) is 3.81. The molecule has 1 atom stereocenters. The van der Waals surface area contributed by atoms with Crippen LogP contribution in [0.25, 0.3) is 0 Å². The molecular weight excluding hydrogens is 372 g/mol. The quantitative estimate of drug-likeness (QED) is 0.686. The maximum Gasteiger partial charge on any atom is 0.260 e. The van der Waals surface area contributed by atoms with E-state index in [-0.39, 0.29) is 5.91 Å². The molecule has 0 radical (unpaired) electrons. The van der Waals surface area contributed by atoms with Gasteiger partial charge < -0.3 is 15.0 Å². The fourth-order valence-electron chi connectivity index (χ4n) is 3.70. The first kappa shape index (κ1) is 20.5. The average Bonchev–Trinajstić information content (AvgIpc) is 2.69. The standard InChI is InChI=1S/C23H29ClN2O2/c1-16-14-20(15-17(2)22(16)24)28-18(3)23(27)25-11-7-13-26-12-6-9-19-8-4-5-10-21(19)26/h4-5,8,10,14-15,18H,6-7,9,11-13H2,1-3H3,(H,25,27)/t18-/m0/s1. The van der Waals surface area contributed by atoms with E-state index < -0.39 is 6.10 Å². The van der Waals surface area contributed by atoms with Crippen molar-refractivity contribution in [1.82, 2.24) is 5.32 Å². The lowest BCUT2D eigenvalue weighted by atomic mass is 10.0. The van der Waals surface area contributed by atoms with Crippen LogP contribution in [0, 0.1) is 13.8 Å². The van der Waals surface area contributed by atoms with Crippen LogP contribution >= 0.6 is 11.6 Å². The number of nitrogens with one attached hydrogen (secondary N) is 1. The highest BCUT2D eigenvalue weighted by atomic mass is 35.5. The Bertz CT molecular complexity index is 814. The van der Waals surface area contributed by atoms with Crippen molar-refractivity contribution in [3.8, 4) is 5.75 Å². The van der Waals surface area contributed by atoms with Gasteiger partial charge in [-0.05, 0) is 74.9 Å². The molecule has 2 aromatic carbocycles. The molecule has 4 nitrogen and oxygen atoms in total. The van der Waals surface area contributed by atoms with Crippen LogP contribution in [0.4, 0.5) is 5.69 Å². The van der Waals surface area contributed by atoms with E-state index in [1.165, 1.54) is 17.7 Å². The molecule has 0 aliphatic carbocycles. The number of fused-ring (bicyclic) bond motifs is 1. The van der Waals surface area contributed by atoms with Crippen molar-refractivity contribution >= 4 is 23.2 Å². The molecule has 0 fully saturated rings. The molecule has 1 aliphatic rings. The van der Waals surface area contributed by atoms with Gasteiger partial charge in [0.2, 0.25) is 0 Å². The summed E-state index contributed by atoms with van der Waals surface area (Å²) < 4.78 is 5.81. The van der Waals surface area contributed by atoms with E-state index in [9.17, 15) is 4.79 Å². The zero-order valence-corrected chi connectivity index (χ0v) is 17.7. The molecule has 2 aromatic rings. The summed E-state index contributed by atoms with van der Waals surface area (Å²) in [6, 6.07) is 12.3. The van der Waals surface area contributed by atoms with Gasteiger partial charge >= 0.3 is 0 Å². The molecule has 0 saturated heterocycles. The summed E-state index contributed by atoms with van der Waals surface area (Å²) in [4.78, 5) is 14.8. The summed E-state index contributed by atoms with van der Waals surface area (Å²) in [6.45, 7) is 8.32. The highest BCUT2D eigenvalue weighted by Crippen LogP contribution is 2.27. The van der Waals surface area contributed by atoms with Crippen molar-refractivity contribution < 1.29 is 9.53 Å². The van der Waals surface area contributed by atoms with E-state index >= 15 is 0 Å². The second-order valence-corrected chi connectivity index (χ2v) is 7.87. The third-order valence-electron chi connectivity index (χ3n) is 5.20. The van der Waals surface area contributed by atoms with Crippen LogP contribution < -0.4 is 15.0 Å². The minimum absolute atomic E-state index is 0.0932. The zero-order chi connectivity index (χ0) is 20.1. The number of carbonyl (C=O) groups excluding carboxylic acids is 1. The molecule has 5 heteroatoms. The van der Waals surface area contributed by atoms with Crippen LogP contribution in [0.15, 0.2) is 36.4 Å². The first-order valence-electron chi connectivity index (χ1n) is 9.99. The number of anilines is 1. The lowest BCUT2D eigenvalue weighted by molar-refractivity contribution is -0.127. The minimum atomic E-state index is -0.546. The highest BCUT2D eigenvalue weighted by molar-refractivity contribution is 6.32. The van der Waals surface area contributed by atoms with Crippen molar-refractivity contribution in [2.24, 2.45) is 0 Å². The summed E-state index contributed by atoms with van der Waals surface area (Å²) in [5.41, 5.74) is 4.66. The normalized spacial score (nSPS) is 14.4. The Morgan fingerprint density at radius 3 is 2.71 bits per heavy atom. The first-order chi connectivity index (χ1) is 13.5. The average molecular weight is 401 g/mol. The molecule has 0 bridgehead atoms. The maximum atomic E-state index is 12.4. The van der Waals surface area contributed by atoms with Gasteiger partial charge in [-0.25, -0.2) is 0 Å². The predicted molar refractivity (Wildman–Crippen MR) is 116 cm³/mol. The zero-order valence-electron chi connectivity index (χ0n) is 16.9. The van der Waals surface area contributed by atoms with E-state index in [0.29, 0.717) is 12.3 Å². The number of amides is 1. The molecule has 0 spiro atoms. The Morgan fingerprint density at radius 1 is 1.25 bits per heavy atom. The Hall–Kier alpha value is -2.20. The van der Waals surface area contributed by atoms with Gasteiger partial charge in [0.25, 0.3) is 5.91 Å². The van der Waals surface area contributed by atoms with Crippen molar-refractivity contribution in [3.05, 3.63) is 58.1 Å². The van der Waals surface area contributed by atoms with Crippen LogP contribution in [0.1, 0.15) is 36.5 Å². The van der Waals surface area contributed by atoms with Crippen molar-refractivity contribution in [2.45, 2.75) is 46.1 Å². The number of ether oxygens (including phenoxy) is 1. The molecule has 1 aliphatic heterocycles. The molecule has 3 rings (SSSR count). The first-order valence-corrected chi connectivity index (χ1v) is 10.4. The van der Waals surface area contributed by atoms with E-state index in [4.69, 9.17) is 16.3 Å². The van der Waals surface area contributed by atoms with Crippen LogP contribution in [-0.2, 0) is 11.2 Å². The molecular formula is C23H29ClN2O2. The Kier molecular flexibility index (Phi) is 6.84. The summed E-state index contributed by atoms with van der Waals surface area (Å²) in [7, 11) is 0. The molecule has 150 valence electrons. The van der Waals surface area contributed by atoms with Gasteiger partial charge in [-0.3, -0.25) is 4.79 Å². The van der Waals surface area contributed by atoms with Gasteiger partial charge in [-0.2, -0.15) is 0 Å². The number of nitrogens with zero attached hydrogens (tertiary/aromatic N) is 1. The molecule has 0 saturated carbocycles. The van der Waals surface area contributed by atoms with E-state index in [1.54, 1.807) is 6.92 Å². The van der Waals surface area contributed by atoms with Crippen LogP contribution in [0.5, 0.6) is 5.75 Å². The number of rotatable bonds is 7. The number of para-hydroxylation sites is 1. The minimum Gasteiger partial charge on any atom is -0.481 e. The Morgan fingerprint density at radius 2 is 1.96 bits per heavy atom. The topological polar surface area (TPSA) is 41.6 Å². The van der Waals surface area contributed by atoms with E-state index in [0.717, 1.165) is 42.1 Å². The van der Waals surface area contributed by atoms with Crippen LogP contribution in [0.3, 0.4) is 0 Å². The number of halogens is 1. The highest BCUT2D eigenvalue weighted by Gasteiger charge is 2.17. The van der Waals surface area contributed by atoms with Crippen molar-refractivity contribution in [1.29, 1.82) is 0 Å². The molecule has 1 amide bonds. The summed E-state index contributed by atoms with van der Waals surface area (Å²) >= 11 is 6.19. The monoisotopic (exact) mass is 400 g/mol. The third kappa shape index (κ3) is 4.99. The summed E-state index contributed by atoms with van der Waals surface area (Å²) in [6.07, 6.45) is 2.71. The van der Waals surface area contributed by atoms with E-state index in [2.05, 4.69) is 34.5 Å². The third-order valence-corrected chi connectivity index (χ3v) is 5.80. The van der Waals surface area contributed by atoms with Gasteiger partial charge in [-0.1, -0.05) is 29.8 Å². The maximum absolute atomic E-state index is 12.4. The van der Waals surface area contributed by atoms with Gasteiger partial charge in [-0.15, -0.1) is 0 Å². The van der Waals surface area contributed by atoms with Gasteiger partial charge in [0, 0.05) is 30.3 Å². The van der Waals surface area contributed by atoms with Gasteiger partial charge in [0.1, 0.15) is 5.75 Å². The molecule has 1 N–H and O–H groups in total. The second kappa shape index (κ2) is 9.33. The smallest absolute Gasteiger partial charge is 0.260 e. The molecule has 28 heavy (non-hydrogen) atoms. The van der Waals surface area contributed by atoms with Gasteiger partial charge in [0.05, 0.1) is 0 Å². The fraction of sp³-hybridized carbons (Fsp3) is 0.435. The summed E-state index contributed by atoms with van der Waals surface area (Å²) in [5, 5.41) is 3.73. The Balaban J connectivity index is 1.45. The number of benzene rings is 2. The van der Waals surface area contributed by atoms with Crippen molar-refractivity contribution in [3.63, 3.8) is 0 Å². The number of hydrogen-bond donors (Lipinski definition) is 1.